The Balaban J connectivity index is 1.77. The smallest absolute Gasteiger partial charge is 0.389 e. The van der Waals surface area contributed by atoms with Crippen molar-refractivity contribution >= 4 is 11.8 Å². The van der Waals surface area contributed by atoms with Crippen molar-refractivity contribution in [3.05, 3.63) is 52.0 Å². The molecule has 0 saturated carbocycles. The van der Waals surface area contributed by atoms with Crippen molar-refractivity contribution in [1.29, 1.82) is 0 Å². The van der Waals surface area contributed by atoms with Crippen LogP contribution in [0.25, 0.3) is 0 Å². The number of aliphatic hydroxyl groups is 1. The van der Waals surface area contributed by atoms with Crippen molar-refractivity contribution < 1.29 is 27.9 Å². The molecule has 0 radical (unpaired) electrons. The molecule has 1 aromatic heterocycles. The second kappa shape index (κ2) is 9.09. The summed E-state index contributed by atoms with van der Waals surface area (Å²) in [5.41, 5.74) is 3.21. The molecule has 31 heavy (non-hydrogen) atoms. The van der Waals surface area contributed by atoms with E-state index in [0.29, 0.717) is 28.9 Å². The number of aromatic nitrogens is 1. The second-order valence-corrected chi connectivity index (χ2v) is 7.62. The molecule has 3 N–H and O–H groups in total. The van der Waals surface area contributed by atoms with Gasteiger partial charge in [-0.15, -0.1) is 0 Å². The number of hydrogen-bond acceptors (Lipinski definition) is 5. The summed E-state index contributed by atoms with van der Waals surface area (Å²) in [4.78, 5) is 31.0. The molecule has 2 aliphatic heterocycles. The van der Waals surface area contributed by atoms with E-state index in [1.54, 1.807) is 17.9 Å². The number of nitrogens with one attached hydrogen (secondary N) is 2. The van der Waals surface area contributed by atoms with Crippen molar-refractivity contribution in [2.75, 3.05) is 19.7 Å². The number of carbonyl (C=O) groups is 2. The highest BCUT2D eigenvalue weighted by Gasteiger charge is 2.36. The molecule has 2 aliphatic rings. The first-order chi connectivity index (χ1) is 14.6. The summed E-state index contributed by atoms with van der Waals surface area (Å²) in [6, 6.07) is 1.25. The summed E-state index contributed by atoms with van der Waals surface area (Å²) in [5, 5.41) is 14.5. The maximum Gasteiger partial charge on any atom is 0.389 e. The standard InChI is InChI=1S/C21H25F3N4O3/c1-12-9-14(10-27-17(12)3-5-21(22,23)24)13(2)28-11-16-15(20(28)31)4-6-25-18(16)19(30)26-7-8-29/h4,6,9,13,27,29H,3,5,7-8,10-11H2,1-2H3,(H,26,30). The Labute approximate surface area is 178 Å². The van der Waals surface area contributed by atoms with Gasteiger partial charge in [0.05, 0.1) is 12.6 Å². The quantitative estimate of drug-likeness (QED) is 0.607. The first-order valence-corrected chi connectivity index (χ1v) is 10.0. The van der Waals surface area contributed by atoms with Gasteiger partial charge in [-0.25, -0.2) is 0 Å². The normalized spacial score (nSPS) is 17.3. The summed E-state index contributed by atoms with van der Waals surface area (Å²) in [7, 11) is 0. The van der Waals surface area contributed by atoms with Gasteiger partial charge >= 0.3 is 6.18 Å². The van der Waals surface area contributed by atoms with Crippen LogP contribution in [-0.4, -0.2) is 58.7 Å². The van der Waals surface area contributed by atoms with Gasteiger partial charge in [0.25, 0.3) is 11.8 Å². The Morgan fingerprint density at radius 3 is 2.81 bits per heavy atom. The van der Waals surface area contributed by atoms with Crippen molar-refractivity contribution in [2.24, 2.45) is 0 Å². The van der Waals surface area contributed by atoms with Crippen LogP contribution in [0.15, 0.2) is 35.2 Å². The van der Waals surface area contributed by atoms with Crippen LogP contribution >= 0.6 is 0 Å². The number of hydrogen-bond donors (Lipinski definition) is 3. The van der Waals surface area contributed by atoms with Crippen molar-refractivity contribution in [1.82, 2.24) is 20.5 Å². The maximum absolute atomic E-state index is 13.0. The van der Waals surface area contributed by atoms with E-state index in [1.165, 1.54) is 6.20 Å². The van der Waals surface area contributed by atoms with Crippen LogP contribution < -0.4 is 10.6 Å². The van der Waals surface area contributed by atoms with Crippen molar-refractivity contribution in [2.45, 2.75) is 45.5 Å². The second-order valence-electron chi connectivity index (χ2n) is 7.62. The Kier molecular flexibility index (Phi) is 6.68. The van der Waals surface area contributed by atoms with Gasteiger partial charge in [0.15, 0.2) is 0 Å². The first kappa shape index (κ1) is 22.8. The van der Waals surface area contributed by atoms with E-state index in [9.17, 15) is 22.8 Å². The van der Waals surface area contributed by atoms with Gasteiger partial charge in [-0.3, -0.25) is 14.6 Å². The fourth-order valence-corrected chi connectivity index (χ4v) is 3.80. The molecular formula is C21H25F3N4O3. The molecular weight excluding hydrogens is 413 g/mol. The molecule has 0 saturated heterocycles. The Hall–Kier alpha value is -2.88. The summed E-state index contributed by atoms with van der Waals surface area (Å²) in [5.74, 6) is -0.689. The zero-order valence-corrected chi connectivity index (χ0v) is 17.3. The monoisotopic (exact) mass is 438 g/mol. The predicted molar refractivity (Wildman–Crippen MR) is 107 cm³/mol. The van der Waals surface area contributed by atoms with Crippen LogP contribution in [0.5, 0.6) is 0 Å². The SMILES string of the molecule is CC1=C(CCC(F)(F)F)NCC(C(C)N2Cc3c(ccnc3C(=O)NCCO)C2=O)=C1. The minimum Gasteiger partial charge on any atom is -0.395 e. The third-order valence-corrected chi connectivity index (χ3v) is 5.53. The number of pyridine rings is 1. The molecule has 2 amide bonds. The maximum atomic E-state index is 13.0. The van der Waals surface area contributed by atoms with Gasteiger partial charge < -0.3 is 20.6 Å². The number of carbonyl (C=O) groups excluding carboxylic acids is 2. The molecule has 1 aromatic rings. The molecule has 0 fully saturated rings. The van der Waals surface area contributed by atoms with Crippen LogP contribution in [0.3, 0.4) is 0 Å². The summed E-state index contributed by atoms with van der Waals surface area (Å²) in [6.07, 6.45) is -1.98. The number of alkyl halides is 3. The van der Waals surface area contributed by atoms with Crippen molar-refractivity contribution in [3.63, 3.8) is 0 Å². The first-order valence-electron chi connectivity index (χ1n) is 10.0. The molecule has 0 spiro atoms. The van der Waals surface area contributed by atoms with E-state index in [-0.39, 0.29) is 43.8 Å². The number of nitrogens with zero attached hydrogens (tertiary/aromatic N) is 2. The summed E-state index contributed by atoms with van der Waals surface area (Å²) >= 11 is 0. The highest BCUT2D eigenvalue weighted by Crippen LogP contribution is 2.31. The van der Waals surface area contributed by atoms with Gasteiger partial charge in [-0.2, -0.15) is 13.2 Å². The third kappa shape index (κ3) is 5.07. The van der Waals surface area contributed by atoms with E-state index in [1.807, 2.05) is 13.0 Å². The van der Waals surface area contributed by atoms with Crippen LogP contribution in [0, 0.1) is 0 Å². The molecule has 0 aromatic carbocycles. The van der Waals surface area contributed by atoms with E-state index in [4.69, 9.17) is 5.11 Å². The zero-order chi connectivity index (χ0) is 22.8. The lowest BCUT2D eigenvalue weighted by Gasteiger charge is -2.30. The highest BCUT2D eigenvalue weighted by atomic mass is 19.4. The van der Waals surface area contributed by atoms with Crippen molar-refractivity contribution in [3.8, 4) is 0 Å². The Bertz CT molecular complexity index is 940. The number of fused-ring (bicyclic) bond motifs is 1. The number of rotatable bonds is 7. The van der Waals surface area contributed by atoms with E-state index in [0.717, 1.165) is 5.57 Å². The lowest BCUT2D eigenvalue weighted by Crippen LogP contribution is -2.39. The number of amides is 2. The Morgan fingerprint density at radius 1 is 1.42 bits per heavy atom. The predicted octanol–water partition coefficient (Wildman–Crippen LogP) is 2.29. The minimum atomic E-state index is -4.21. The zero-order valence-electron chi connectivity index (χ0n) is 17.3. The van der Waals surface area contributed by atoms with Gasteiger partial charge in [-0.05, 0) is 37.5 Å². The molecule has 7 nitrogen and oxygen atoms in total. The Morgan fingerprint density at radius 2 is 2.16 bits per heavy atom. The average molecular weight is 438 g/mol. The number of dihydropyridines is 1. The summed E-state index contributed by atoms with van der Waals surface area (Å²) in [6.45, 7) is 4.02. The fourth-order valence-electron chi connectivity index (χ4n) is 3.80. The molecule has 3 rings (SSSR count). The van der Waals surface area contributed by atoms with Gasteiger partial charge in [0.2, 0.25) is 0 Å². The topological polar surface area (TPSA) is 94.6 Å². The third-order valence-electron chi connectivity index (χ3n) is 5.53. The van der Waals surface area contributed by atoms with E-state index >= 15 is 0 Å². The van der Waals surface area contributed by atoms with E-state index in [2.05, 4.69) is 15.6 Å². The minimum absolute atomic E-state index is 0.0824. The van der Waals surface area contributed by atoms with E-state index < -0.39 is 18.5 Å². The fraction of sp³-hybridized carbons (Fsp3) is 0.476. The van der Waals surface area contributed by atoms with Crippen LogP contribution in [-0.2, 0) is 6.54 Å². The van der Waals surface area contributed by atoms with Gasteiger partial charge in [0.1, 0.15) is 5.69 Å². The molecule has 0 bridgehead atoms. The largest absolute Gasteiger partial charge is 0.395 e. The number of aliphatic hydroxyl groups excluding tert-OH is 1. The molecule has 1 atom stereocenters. The molecule has 10 heteroatoms. The van der Waals surface area contributed by atoms with Gasteiger partial charge in [0, 0.05) is 49.1 Å². The molecule has 168 valence electrons. The van der Waals surface area contributed by atoms with Crippen LogP contribution in [0.1, 0.15) is 53.1 Å². The van der Waals surface area contributed by atoms with Crippen LogP contribution in [0.4, 0.5) is 13.2 Å². The lowest BCUT2D eigenvalue weighted by atomic mass is 9.98. The molecule has 3 heterocycles. The molecule has 1 unspecified atom stereocenters. The lowest BCUT2D eigenvalue weighted by molar-refractivity contribution is -0.134. The van der Waals surface area contributed by atoms with Crippen LogP contribution in [0.2, 0.25) is 0 Å². The summed E-state index contributed by atoms with van der Waals surface area (Å²) < 4.78 is 37.6. The average Bonchev–Trinajstić information content (AvgIpc) is 3.06. The molecule has 0 aliphatic carbocycles. The number of allylic oxidation sites excluding steroid dienone is 3. The van der Waals surface area contributed by atoms with Gasteiger partial charge in [-0.1, -0.05) is 6.08 Å². The highest BCUT2D eigenvalue weighted by molar-refractivity contribution is 6.03. The number of halogens is 3.